The van der Waals surface area contributed by atoms with Gasteiger partial charge in [-0.1, -0.05) is 25.1 Å². The van der Waals surface area contributed by atoms with Crippen LogP contribution in [0.5, 0.6) is 0 Å². The lowest BCUT2D eigenvalue weighted by Crippen LogP contribution is -2.60. The Morgan fingerprint density at radius 2 is 1.91 bits per heavy atom. The van der Waals surface area contributed by atoms with Crippen molar-refractivity contribution in [2.75, 3.05) is 18.4 Å². The van der Waals surface area contributed by atoms with Gasteiger partial charge in [0, 0.05) is 18.3 Å². The number of amides is 3. The van der Waals surface area contributed by atoms with E-state index in [-0.39, 0.29) is 11.9 Å². The lowest BCUT2D eigenvalue weighted by Gasteiger charge is -2.33. The molecular formula is C17H26N4O2. The van der Waals surface area contributed by atoms with E-state index < -0.39 is 11.6 Å². The summed E-state index contributed by atoms with van der Waals surface area (Å²) < 4.78 is 0. The highest BCUT2D eigenvalue weighted by molar-refractivity contribution is 5.95. The minimum atomic E-state index is -0.990. The lowest BCUT2D eigenvalue weighted by atomic mass is 9.93. The Bertz CT molecular complexity index is 545. The molecule has 126 valence electrons. The molecule has 0 bridgehead atoms. The Morgan fingerprint density at radius 3 is 2.57 bits per heavy atom. The average molecular weight is 318 g/mol. The predicted octanol–water partition coefficient (Wildman–Crippen LogP) is 1.70. The van der Waals surface area contributed by atoms with Crippen LogP contribution in [-0.2, 0) is 4.79 Å². The summed E-state index contributed by atoms with van der Waals surface area (Å²) in [5, 5.41) is 11.8. The summed E-state index contributed by atoms with van der Waals surface area (Å²) in [4.78, 5) is 24.6. The summed E-state index contributed by atoms with van der Waals surface area (Å²) in [5.74, 6) is 0.246. The maximum absolute atomic E-state index is 12.5. The highest BCUT2D eigenvalue weighted by atomic mass is 16.2. The first-order valence-corrected chi connectivity index (χ1v) is 8.04. The summed E-state index contributed by atoms with van der Waals surface area (Å²) in [6, 6.07) is 8.83. The molecule has 2 unspecified atom stereocenters. The quantitative estimate of drug-likeness (QED) is 0.682. The molecule has 0 radical (unpaired) electrons. The number of hydrogen-bond acceptors (Lipinski definition) is 3. The zero-order chi connectivity index (χ0) is 16.9. The van der Waals surface area contributed by atoms with Crippen LogP contribution < -0.4 is 21.3 Å². The number of urea groups is 1. The number of carbonyl (C=O) groups is 2. The summed E-state index contributed by atoms with van der Waals surface area (Å²) in [6.45, 7) is 7.28. The topological polar surface area (TPSA) is 82.3 Å². The van der Waals surface area contributed by atoms with Crippen molar-refractivity contribution in [1.29, 1.82) is 0 Å². The van der Waals surface area contributed by atoms with Gasteiger partial charge in [0.05, 0.1) is 0 Å². The number of nitrogens with one attached hydrogen (secondary N) is 4. The molecule has 6 heteroatoms. The largest absolute Gasteiger partial charge is 0.350 e. The number of benzene rings is 1. The van der Waals surface area contributed by atoms with Crippen molar-refractivity contribution >= 4 is 17.6 Å². The van der Waals surface area contributed by atoms with Crippen LogP contribution in [0.4, 0.5) is 10.5 Å². The first kappa shape index (κ1) is 17.3. The summed E-state index contributed by atoms with van der Waals surface area (Å²) in [6.07, 6.45) is 1.04. The van der Waals surface area contributed by atoms with E-state index in [0.29, 0.717) is 11.6 Å². The monoisotopic (exact) mass is 318 g/mol. The van der Waals surface area contributed by atoms with E-state index in [4.69, 9.17) is 0 Å². The van der Waals surface area contributed by atoms with Gasteiger partial charge >= 0.3 is 6.03 Å². The molecule has 3 amide bonds. The van der Waals surface area contributed by atoms with Crippen molar-refractivity contribution in [1.82, 2.24) is 16.0 Å². The minimum absolute atomic E-state index is 0.0921. The maximum atomic E-state index is 12.5. The molecule has 2 rings (SSSR count). The molecule has 1 aliphatic rings. The van der Waals surface area contributed by atoms with Crippen LogP contribution in [0.3, 0.4) is 0 Å². The van der Waals surface area contributed by atoms with E-state index in [2.05, 4.69) is 28.2 Å². The van der Waals surface area contributed by atoms with Gasteiger partial charge in [-0.15, -0.1) is 0 Å². The van der Waals surface area contributed by atoms with Crippen molar-refractivity contribution < 1.29 is 9.59 Å². The average Bonchev–Trinajstić information content (AvgIpc) is 2.49. The second-order valence-electron chi connectivity index (χ2n) is 6.62. The van der Waals surface area contributed by atoms with Gasteiger partial charge in [-0.3, -0.25) is 4.79 Å². The van der Waals surface area contributed by atoms with Crippen LogP contribution in [0.15, 0.2) is 30.3 Å². The van der Waals surface area contributed by atoms with E-state index >= 15 is 0 Å². The summed E-state index contributed by atoms with van der Waals surface area (Å²) >= 11 is 0. The van der Waals surface area contributed by atoms with Crippen LogP contribution in [0.2, 0.25) is 0 Å². The molecule has 2 atom stereocenters. The third kappa shape index (κ3) is 4.96. The smallest absolute Gasteiger partial charge is 0.320 e. The normalized spacial score (nSPS) is 21.3. The molecule has 0 aliphatic carbocycles. The van der Waals surface area contributed by atoms with Gasteiger partial charge in [0.2, 0.25) is 5.91 Å². The van der Waals surface area contributed by atoms with E-state index in [1.165, 1.54) is 0 Å². The second-order valence-corrected chi connectivity index (χ2v) is 6.62. The van der Waals surface area contributed by atoms with Crippen LogP contribution >= 0.6 is 0 Å². The summed E-state index contributed by atoms with van der Waals surface area (Å²) in [7, 11) is 0. The fourth-order valence-electron chi connectivity index (χ4n) is 2.56. The Balaban J connectivity index is 1.89. The molecule has 1 saturated heterocycles. The molecule has 6 nitrogen and oxygen atoms in total. The second kappa shape index (κ2) is 7.46. The number of rotatable bonds is 4. The molecule has 1 heterocycles. The molecule has 0 aromatic heterocycles. The number of anilines is 1. The standard InChI is InChI=1S/C17H26N4O2/c1-12-9-10-18-11-14(12)20-15(22)17(2,3)21-16(23)19-13-7-5-4-6-8-13/h4-8,12,14,18H,9-11H2,1-3H3,(H,20,22)(H2,19,21,23). The first-order chi connectivity index (χ1) is 10.9. The fourth-order valence-corrected chi connectivity index (χ4v) is 2.56. The van der Waals surface area contributed by atoms with E-state index in [1.54, 1.807) is 26.0 Å². The van der Waals surface area contributed by atoms with Crippen molar-refractivity contribution in [2.45, 2.75) is 38.8 Å². The van der Waals surface area contributed by atoms with Crippen LogP contribution in [-0.4, -0.2) is 36.6 Å². The molecule has 0 saturated carbocycles. The Labute approximate surface area is 137 Å². The highest BCUT2D eigenvalue weighted by Gasteiger charge is 2.33. The molecule has 4 N–H and O–H groups in total. The zero-order valence-electron chi connectivity index (χ0n) is 14.0. The van der Waals surface area contributed by atoms with Gasteiger partial charge in [0.25, 0.3) is 0 Å². The van der Waals surface area contributed by atoms with Crippen molar-refractivity contribution in [2.24, 2.45) is 5.92 Å². The Kier molecular flexibility index (Phi) is 5.60. The number of piperidine rings is 1. The molecule has 23 heavy (non-hydrogen) atoms. The van der Waals surface area contributed by atoms with Gasteiger partial charge in [-0.2, -0.15) is 0 Å². The van der Waals surface area contributed by atoms with Gasteiger partial charge in [-0.25, -0.2) is 4.79 Å². The molecule has 1 fully saturated rings. The third-order valence-corrected chi connectivity index (χ3v) is 4.17. The Hall–Kier alpha value is -2.08. The van der Waals surface area contributed by atoms with Crippen LogP contribution in [0.1, 0.15) is 27.2 Å². The number of carbonyl (C=O) groups excluding carboxylic acids is 2. The van der Waals surface area contributed by atoms with E-state index in [1.807, 2.05) is 18.2 Å². The predicted molar refractivity (Wildman–Crippen MR) is 91.3 cm³/mol. The van der Waals surface area contributed by atoms with E-state index in [0.717, 1.165) is 19.5 Å². The molecule has 1 aromatic rings. The molecular weight excluding hydrogens is 292 g/mol. The lowest BCUT2D eigenvalue weighted by molar-refractivity contribution is -0.127. The number of hydrogen-bond donors (Lipinski definition) is 4. The van der Waals surface area contributed by atoms with Gasteiger partial charge in [0.1, 0.15) is 5.54 Å². The highest BCUT2D eigenvalue weighted by Crippen LogP contribution is 2.13. The van der Waals surface area contributed by atoms with Crippen LogP contribution in [0, 0.1) is 5.92 Å². The maximum Gasteiger partial charge on any atom is 0.320 e. The number of para-hydroxylation sites is 1. The summed E-state index contributed by atoms with van der Waals surface area (Å²) in [5.41, 5.74) is -0.304. The van der Waals surface area contributed by atoms with Crippen molar-refractivity contribution in [3.63, 3.8) is 0 Å². The van der Waals surface area contributed by atoms with Gasteiger partial charge < -0.3 is 21.3 Å². The fraction of sp³-hybridized carbons (Fsp3) is 0.529. The molecule has 0 spiro atoms. The third-order valence-electron chi connectivity index (χ3n) is 4.17. The SMILES string of the molecule is CC1CCNCC1NC(=O)C(C)(C)NC(=O)Nc1ccccc1. The van der Waals surface area contributed by atoms with E-state index in [9.17, 15) is 9.59 Å². The molecule has 1 aromatic carbocycles. The minimum Gasteiger partial charge on any atom is -0.350 e. The van der Waals surface area contributed by atoms with Crippen molar-refractivity contribution in [3.8, 4) is 0 Å². The van der Waals surface area contributed by atoms with Gasteiger partial charge in [-0.05, 0) is 44.9 Å². The van der Waals surface area contributed by atoms with Crippen LogP contribution in [0.25, 0.3) is 0 Å². The zero-order valence-corrected chi connectivity index (χ0v) is 14.0. The first-order valence-electron chi connectivity index (χ1n) is 8.04. The van der Waals surface area contributed by atoms with Gasteiger partial charge in [0.15, 0.2) is 0 Å². The van der Waals surface area contributed by atoms with Crippen molar-refractivity contribution in [3.05, 3.63) is 30.3 Å². The Morgan fingerprint density at radius 1 is 1.22 bits per heavy atom. The molecule has 1 aliphatic heterocycles.